The molecule has 0 amide bonds. The number of benzene rings is 1. The molecule has 1 aromatic carbocycles. The van der Waals surface area contributed by atoms with Gasteiger partial charge in [-0.2, -0.15) is 0 Å². The van der Waals surface area contributed by atoms with Crippen molar-refractivity contribution in [3.63, 3.8) is 0 Å². The Balaban J connectivity index is 0.00000112. The summed E-state index contributed by atoms with van der Waals surface area (Å²) < 4.78 is 0. The van der Waals surface area contributed by atoms with Gasteiger partial charge in [0.25, 0.3) is 0 Å². The van der Waals surface area contributed by atoms with Gasteiger partial charge in [-0.3, -0.25) is 0 Å². The molecule has 0 atom stereocenters. The minimum atomic E-state index is 0. The van der Waals surface area contributed by atoms with Gasteiger partial charge in [-0.1, -0.05) is 12.1 Å². The van der Waals surface area contributed by atoms with Crippen LogP contribution >= 0.6 is 23.7 Å². The molecule has 15 heavy (non-hydrogen) atoms. The third-order valence-electron chi connectivity index (χ3n) is 1.93. The molecule has 80 valence electrons. The van der Waals surface area contributed by atoms with E-state index in [0.717, 1.165) is 17.9 Å². The van der Waals surface area contributed by atoms with Crippen LogP contribution in [0, 0.1) is 0 Å². The molecule has 2 aromatic rings. The van der Waals surface area contributed by atoms with Gasteiger partial charge in [0.2, 0.25) is 0 Å². The maximum absolute atomic E-state index is 5.67. The van der Waals surface area contributed by atoms with Crippen LogP contribution in [0.1, 0.15) is 4.88 Å². The van der Waals surface area contributed by atoms with Crippen LogP contribution in [0.2, 0.25) is 0 Å². The van der Waals surface area contributed by atoms with Gasteiger partial charge in [-0.25, -0.2) is 0 Å². The molecular weight excluding hydrogens is 228 g/mol. The molecule has 2 rings (SSSR count). The highest BCUT2D eigenvalue weighted by molar-refractivity contribution is 7.09. The highest BCUT2D eigenvalue weighted by Gasteiger charge is 1.94. The second kappa shape index (κ2) is 5.63. The smallest absolute Gasteiger partial charge is 0.0494 e. The lowest BCUT2D eigenvalue weighted by atomic mass is 10.3. The third-order valence-corrected chi connectivity index (χ3v) is 2.81. The van der Waals surface area contributed by atoms with Gasteiger partial charge in [-0.05, 0) is 29.6 Å². The molecule has 1 aromatic heterocycles. The molecule has 1 heterocycles. The lowest BCUT2D eigenvalue weighted by Crippen LogP contribution is -1.97. The predicted molar refractivity (Wildman–Crippen MR) is 69.7 cm³/mol. The van der Waals surface area contributed by atoms with E-state index in [1.807, 2.05) is 24.3 Å². The minimum absolute atomic E-state index is 0. The molecule has 4 heteroatoms. The monoisotopic (exact) mass is 240 g/mol. The standard InChI is InChI=1S/C11H12N2S.ClH/c12-9-3-1-4-10(7-9)13-8-11-5-2-6-14-11;/h1-7,13H,8,12H2;1H. The van der Waals surface area contributed by atoms with Crippen molar-refractivity contribution in [3.8, 4) is 0 Å². The number of nitrogens with one attached hydrogen (secondary N) is 1. The van der Waals surface area contributed by atoms with E-state index in [0.29, 0.717) is 0 Å². The fourth-order valence-corrected chi connectivity index (χ4v) is 1.90. The summed E-state index contributed by atoms with van der Waals surface area (Å²) in [6.45, 7) is 0.862. The number of rotatable bonds is 3. The van der Waals surface area contributed by atoms with Crippen molar-refractivity contribution in [1.82, 2.24) is 0 Å². The highest BCUT2D eigenvalue weighted by atomic mass is 35.5. The number of anilines is 2. The van der Waals surface area contributed by atoms with Crippen molar-refractivity contribution in [2.75, 3.05) is 11.1 Å². The Morgan fingerprint density at radius 2 is 2.07 bits per heavy atom. The third kappa shape index (κ3) is 3.46. The Bertz CT molecular complexity index is 401. The highest BCUT2D eigenvalue weighted by Crippen LogP contribution is 2.15. The second-order valence-corrected chi connectivity index (χ2v) is 4.09. The van der Waals surface area contributed by atoms with Crippen LogP contribution in [0.5, 0.6) is 0 Å². The molecule has 0 spiro atoms. The average Bonchev–Trinajstić information content (AvgIpc) is 2.67. The maximum Gasteiger partial charge on any atom is 0.0494 e. The summed E-state index contributed by atoms with van der Waals surface area (Å²) >= 11 is 1.75. The lowest BCUT2D eigenvalue weighted by molar-refractivity contribution is 1.19. The van der Waals surface area contributed by atoms with Crippen LogP contribution in [-0.4, -0.2) is 0 Å². The quantitative estimate of drug-likeness (QED) is 0.808. The van der Waals surface area contributed by atoms with Crippen molar-refractivity contribution in [3.05, 3.63) is 46.7 Å². The van der Waals surface area contributed by atoms with Gasteiger partial charge in [0.15, 0.2) is 0 Å². The van der Waals surface area contributed by atoms with Crippen LogP contribution in [-0.2, 0) is 6.54 Å². The molecule has 0 aliphatic rings. The van der Waals surface area contributed by atoms with Gasteiger partial charge >= 0.3 is 0 Å². The van der Waals surface area contributed by atoms with Crippen LogP contribution in [0.3, 0.4) is 0 Å². The summed E-state index contributed by atoms with van der Waals surface area (Å²) in [7, 11) is 0. The second-order valence-electron chi connectivity index (χ2n) is 3.06. The number of nitrogen functional groups attached to an aromatic ring is 1. The summed E-state index contributed by atoms with van der Waals surface area (Å²) in [5.74, 6) is 0. The topological polar surface area (TPSA) is 38.0 Å². The summed E-state index contributed by atoms with van der Waals surface area (Å²) in [6.07, 6.45) is 0. The van der Waals surface area contributed by atoms with E-state index in [4.69, 9.17) is 5.73 Å². The van der Waals surface area contributed by atoms with E-state index in [1.54, 1.807) is 11.3 Å². The first-order valence-electron chi connectivity index (χ1n) is 4.46. The largest absolute Gasteiger partial charge is 0.399 e. The van der Waals surface area contributed by atoms with E-state index in [-0.39, 0.29) is 12.4 Å². The molecule has 0 unspecified atom stereocenters. The van der Waals surface area contributed by atoms with Crippen LogP contribution in [0.25, 0.3) is 0 Å². The van der Waals surface area contributed by atoms with Gasteiger partial charge in [0.05, 0.1) is 0 Å². The van der Waals surface area contributed by atoms with Crippen molar-refractivity contribution >= 4 is 35.1 Å². The van der Waals surface area contributed by atoms with Crippen LogP contribution < -0.4 is 11.1 Å². The molecule has 0 saturated heterocycles. The SMILES string of the molecule is Cl.Nc1cccc(NCc2cccs2)c1. The van der Waals surface area contributed by atoms with Gasteiger partial charge in [0, 0.05) is 22.8 Å². The molecule has 0 saturated carbocycles. The van der Waals surface area contributed by atoms with Crippen molar-refractivity contribution in [2.45, 2.75) is 6.54 Å². The number of hydrogen-bond donors (Lipinski definition) is 2. The fraction of sp³-hybridized carbons (Fsp3) is 0.0909. The first kappa shape index (κ1) is 11.9. The van der Waals surface area contributed by atoms with Gasteiger partial charge < -0.3 is 11.1 Å². The zero-order valence-corrected chi connectivity index (χ0v) is 9.78. The van der Waals surface area contributed by atoms with Crippen molar-refractivity contribution in [2.24, 2.45) is 0 Å². The number of halogens is 1. The van der Waals surface area contributed by atoms with E-state index in [1.165, 1.54) is 4.88 Å². The van der Waals surface area contributed by atoms with E-state index < -0.39 is 0 Å². The summed E-state index contributed by atoms with van der Waals surface area (Å²) in [5, 5.41) is 5.40. The molecular formula is C11H13ClN2S. The summed E-state index contributed by atoms with van der Waals surface area (Å²) in [6, 6.07) is 12.0. The van der Waals surface area contributed by atoms with E-state index in [2.05, 4.69) is 22.8 Å². The van der Waals surface area contributed by atoms with Crippen LogP contribution in [0.15, 0.2) is 41.8 Å². The number of nitrogens with two attached hydrogens (primary N) is 1. The zero-order chi connectivity index (χ0) is 9.80. The Labute approximate surface area is 99.5 Å². The maximum atomic E-state index is 5.67. The first-order valence-corrected chi connectivity index (χ1v) is 5.34. The average molecular weight is 241 g/mol. The normalized spacial score (nSPS) is 9.33. The zero-order valence-electron chi connectivity index (χ0n) is 8.14. The molecule has 0 aliphatic heterocycles. The number of hydrogen-bond acceptors (Lipinski definition) is 3. The fourth-order valence-electron chi connectivity index (χ4n) is 1.25. The van der Waals surface area contributed by atoms with Gasteiger partial charge in [-0.15, -0.1) is 23.7 Å². The Morgan fingerprint density at radius 1 is 1.20 bits per heavy atom. The van der Waals surface area contributed by atoms with E-state index in [9.17, 15) is 0 Å². The number of thiophene rings is 1. The predicted octanol–water partition coefficient (Wildman–Crippen LogP) is 3.36. The molecule has 3 N–H and O–H groups in total. The Kier molecular flexibility index (Phi) is 4.46. The summed E-state index contributed by atoms with van der Waals surface area (Å²) in [5.41, 5.74) is 7.53. The van der Waals surface area contributed by atoms with Crippen molar-refractivity contribution in [1.29, 1.82) is 0 Å². The minimum Gasteiger partial charge on any atom is -0.399 e. The lowest BCUT2D eigenvalue weighted by Gasteiger charge is -2.04. The molecule has 0 radical (unpaired) electrons. The summed E-state index contributed by atoms with van der Waals surface area (Å²) in [4.78, 5) is 1.33. The van der Waals surface area contributed by atoms with E-state index >= 15 is 0 Å². The molecule has 2 nitrogen and oxygen atoms in total. The van der Waals surface area contributed by atoms with Crippen molar-refractivity contribution < 1.29 is 0 Å². The Morgan fingerprint density at radius 3 is 2.73 bits per heavy atom. The van der Waals surface area contributed by atoms with Crippen LogP contribution in [0.4, 0.5) is 11.4 Å². The van der Waals surface area contributed by atoms with Gasteiger partial charge in [0.1, 0.15) is 0 Å². The Hall–Kier alpha value is -1.19. The molecule has 0 bridgehead atoms. The first-order chi connectivity index (χ1) is 6.84. The molecule has 0 aliphatic carbocycles. The molecule has 0 fully saturated rings.